The van der Waals surface area contributed by atoms with Gasteiger partial charge < -0.3 is 5.32 Å². The molecule has 0 aliphatic rings. The lowest BCUT2D eigenvalue weighted by Crippen LogP contribution is -2.25. The molecule has 22 heavy (non-hydrogen) atoms. The summed E-state index contributed by atoms with van der Waals surface area (Å²) in [6.07, 6.45) is 0.930. The molecule has 0 aliphatic heterocycles. The predicted molar refractivity (Wildman–Crippen MR) is 89.9 cm³/mol. The van der Waals surface area contributed by atoms with E-state index in [0.717, 1.165) is 26.4 Å². The van der Waals surface area contributed by atoms with Gasteiger partial charge in [0.1, 0.15) is 5.82 Å². The van der Waals surface area contributed by atoms with E-state index < -0.39 is 0 Å². The Balaban J connectivity index is 1.76. The molecule has 4 nitrogen and oxygen atoms in total. The van der Waals surface area contributed by atoms with Gasteiger partial charge in [-0.1, -0.05) is 53.9 Å². The third kappa shape index (κ3) is 5.94. The van der Waals surface area contributed by atoms with Crippen LogP contribution in [0.25, 0.3) is 0 Å². The fourth-order valence-corrected chi connectivity index (χ4v) is 4.29. The van der Waals surface area contributed by atoms with Crippen molar-refractivity contribution in [3.05, 3.63) is 35.6 Å². The van der Waals surface area contributed by atoms with Crippen LogP contribution in [0.3, 0.4) is 0 Å². The highest BCUT2D eigenvalue weighted by Gasteiger charge is 2.08. The lowest BCUT2D eigenvalue weighted by atomic mass is 10.2. The van der Waals surface area contributed by atoms with Gasteiger partial charge in [0.2, 0.25) is 5.91 Å². The molecule has 0 saturated carbocycles. The van der Waals surface area contributed by atoms with Gasteiger partial charge in [-0.05, 0) is 24.1 Å². The average molecular weight is 358 g/mol. The number of halogens is 1. The SMILES string of the molecule is CCCNC(=O)CSc1nnc(SCc2ccc(F)cc2)s1. The predicted octanol–water partition coefficient (Wildman–Crippen LogP) is 3.59. The molecule has 0 saturated heterocycles. The molecule has 1 N–H and O–H groups in total. The van der Waals surface area contributed by atoms with Crippen molar-refractivity contribution in [1.29, 1.82) is 0 Å². The summed E-state index contributed by atoms with van der Waals surface area (Å²) in [4.78, 5) is 11.5. The fraction of sp³-hybridized carbons (Fsp3) is 0.357. The molecule has 1 heterocycles. The van der Waals surface area contributed by atoms with Crippen molar-refractivity contribution in [1.82, 2.24) is 15.5 Å². The maximum Gasteiger partial charge on any atom is 0.230 e. The first-order chi connectivity index (χ1) is 10.7. The Morgan fingerprint density at radius 2 is 1.91 bits per heavy atom. The van der Waals surface area contributed by atoms with Gasteiger partial charge in [0.25, 0.3) is 0 Å². The van der Waals surface area contributed by atoms with Gasteiger partial charge in [0.15, 0.2) is 8.68 Å². The number of thioether (sulfide) groups is 2. The van der Waals surface area contributed by atoms with E-state index in [1.165, 1.54) is 35.2 Å². The molecule has 8 heteroatoms. The van der Waals surface area contributed by atoms with Gasteiger partial charge in [-0.3, -0.25) is 4.79 Å². The van der Waals surface area contributed by atoms with Gasteiger partial charge in [-0.25, -0.2) is 4.39 Å². The van der Waals surface area contributed by atoms with Crippen LogP contribution < -0.4 is 5.32 Å². The molecule has 0 atom stereocenters. The van der Waals surface area contributed by atoms with Crippen LogP contribution in [-0.4, -0.2) is 28.4 Å². The minimum Gasteiger partial charge on any atom is -0.355 e. The Morgan fingerprint density at radius 3 is 2.59 bits per heavy atom. The van der Waals surface area contributed by atoms with E-state index in [0.29, 0.717) is 12.3 Å². The zero-order valence-corrected chi connectivity index (χ0v) is 14.5. The quantitative estimate of drug-likeness (QED) is 0.732. The van der Waals surface area contributed by atoms with Gasteiger partial charge in [-0.15, -0.1) is 10.2 Å². The largest absolute Gasteiger partial charge is 0.355 e. The minimum absolute atomic E-state index is 0.0163. The van der Waals surface area contributed by atoms with Crippen LogP contribution in [0, 0.1) is 5.82 Å². The van der Waals surface area contributed by atoms with Crippen LogP contribution in [0.4, 0.5) is 4.39 Å². The molecule has 0 radical (unpaired) electrons. The molecule has 0 unspecified atom stereocenters. The second kappa shape index (κ2) is 9.12. The van der Waals surface area contributed by atoms with Gasteiger partial charge in [0.05, 0.1) is 5.75 Å². The monoisotopic (exact) mass is 357 g/mol. The molecular formula is C14H16FN3OS3. The topological polar surface area (TPSA) is 54.9 Å². The second-order valence-corrected chi connectivity index (χ2v) is 7.81. The van der Waals surface area contributed by atoms with Crippen LogP contribution in [0.5, 0.6) is 0 Å². The molecule has 0 fully saturated rings. The number of rotatable bonds is 8. The van der Waals surface area contributed by atoms with Crippen LogP contribution in [0.2, 0.25) is 0 Å². The Labute approximate surface area is 141 Å². The Morgan fingerprint density at radius 1 is 1.23 bits per heavy atom. The Bertz CT molecular complexity index is 604. The first-order valence-corrected chi connectivity index (χ1v) is 9.56. The summed E-state index contributed by atoms with van der Waals surface area (Å²) in [6, 6.07) is 6.42. The number of aromatic nitrogens is 2. The number of hydrogen-bond donors (Lipinski definition) is 1. The van der Waals surface area contributed by atoms with Crippen molar-refractivity contribution in [2.75, 3.05) is 12.3 Å². The molecule has 1 amide bonds. The first-order valence-electron chi connectivity index (χ1n) is 6.77. The number of carbonyl (C=O) groups excluding carboxylic acids is 1. The molecule has 1 aromatic carbocycles. The summed E-state index contributed by atoms with van der Waals surface area (Å²) >= 11 is 4.42. The Hall–Kier alpha value is -1.12. The number of benzene rings is 1. The molecule has 0 aliphatic carbocycles. The van der Waals surface area contributed by atoms with E-state index in [4.69, 9.17) is 0 Å². The van der Waals surface area contributed by atoms with Crippen LogP contribution >= 0.6 is 34.9 Å². The summed E-state index contributed by atoms with van der Waals surface area (Å²) in [5.41, 5.74) is 1.04. The lowest BCUT2D eigenvalue weighted by molar-refractivity contribution is -0.118. The fourth-order valence-electron chi connectivity index (χ4n) is 1.48. The third-order valence-corrected chi connectivity index (χ3v) is 5.82. The van der Waals surface area contributed by atoms with Crippen molar-refractivity contribution in [3.8, 4) is 0 Å². The highest BCUT2D eigenvalue weighted by Crippen LogP contribution is 2.30. The van der Waals surface area contributed by atoms with Crippen LogP contribution in [0.15, 0.2) is 32.9 Å². The summed E-state index contributed by atoms with van der Waals surface area (Å²) in [5.74, 6) is 0.862. The van der Waals surface area contributed by atoms with Crippen molar-refractivity contribution < 1.29 is 9.18 Å². The number of carbonyl (C=O) groups is 1. The Kier molecular flexibility index (Phi) is 7.14. The van der Waals surface area contributed by atoms with Gasteiger partial charge >= 0.3 is 0 Å². The van der Waals surface area contributed by atoms with Gasteiger partial charge in [0, 0.05) is 12.3 Å². The van der Waals surface area contributed by atoms with Crippen LogP contribution in [0.1, 0.15) is 18.9 Å². The molecule has 2 aromatic rings. The smallest absolute Gasteiger partial charge is 0.230 e. The van der Waals surface area contributed by atoms with E-state index in [1.807, 2.05) is 6.92 Å². The number of nitrogens with zero attached hydrogens (tertiary/aromatic N) is 2. The molecule has 2 rings (SSSR count). The first kappa shape index (κ1) is 17.2. The molecule has 1 aromatic heterocycles. The molecular weight excluding hydrogens is 341 g/mol. The minimum atomic E-state index is -0.232. The lowest BCUT2D eigenvalue weighted by Gasteiger charge is -2.00. The zero-order chi connectivity index (χ0) is 15.8. The molecule has 0 bridgehead atoms. The second-order valence-electron chi connectivity index (χ2n) is 4.39. The highest BCUT2D eigenvalue weighted by molar-refractivity contribution is 8.03. The summed E-state index contributed by atoms with van der Waals surface area (Å²) in [5, 5.41) is 11.0. The van der Waals surface area contributed by atoms with Crippen molar-refractivity contribution in [2.24, 2.45) is 0 Å². The third-order valence-electron chi connectivity index (χ3n) is 2.56. The standard InChI is InChI=1S/C14H16FN3OS3/c1-2-7-16-12(19)9-21-14-18-17-13(22-14)20-8-10-3-5-11(15)6-4-10/h3-6H,2,7-9H2,1H3,(H,16,19). The van der Waals surface area contributed by atoms with E-state index in [-0.39, 0.29) is 11.7 Å². The van der Waals surface area contributed by atoms with Crippen molar-refractivity contribution in [3.63, 3.8) is 0 Å². The maximum absolute atomic E-state index is 12.8. The summed E-state index contributed by atoms with van der Waals surface area (Å²) < 4.78 is 14.5. The number of hydrogen-bond acceptors (Lipinski definition) is 6. The van der Waals surface area contributed by atoms with Crippen molar-refractivity contribution in [2.45, 2.75) is 27.8 Å². The van der Waals surface area contributed by atoms with E-state index in [2.05, 4.69) is 15.5 Å². The average Bonchev–Trinajstić information content (AvgIpc) is 2.98. The van der Waals surface area contributed by atoms with E-state index in [1.54, 1.807) is 23.9 Å². The highest BCUT2D eigenvalue weighted by atomic mass is 32.2. The zero-order valence-electron chi connectivity index (χ0n) is 12.0. The molecule has 0 spiro atoms. The van der Waals surface area contributed by atoms with Crippen molar-refractivity contribution >= 4 is 40.8 Å². The number of amides is 1. The summed E-state index contributed by atoms with van der Waals surface area (Å²) in [6.45, 7) is 2.72. The van der Waals surface area contributed by atoms with E-state index in [9.17, 15) is 9.18 Å². The van der Waals surface area contributed by atoms with Crippen LogP contribution in [-0.2, 0) is 10.5 Å². The summed E-state index contributed by atoms with van der Waals surface area (Å²) in [7, 11) is 0. The normalized spacial score (nSPS) is 10.6. The number of nitrogens with one attached hydrogen (secondary N) is 1. The maximum atomic E-state index is 12.8. The van der Waals surface area contributed by atoms with E-state index >= 15 is 0 Å². The molecule has 118 valence electrons. The van der Waals surface area contributed by atoms with Gasteiger partial charge in [-0.2, -0.15) is 0 Å².